The quantitative estimate of drug-likeness (QED) is 0.247. The summed E-state index contributed by atoms with van der Waals surface area (Å²) in [5, 5.41) is 15.1. The largest absolute Gasteiger partial charge is 0.347 e. The highest BCUT2D eigenvalue weighted by atomic mass is 32.2. The molecule has 0 bridgehead atoms. The summed E-state index contributed by atoms with van der Waals surface area (Å²) in [5.74, 6) is -2.83. The Balaban J connectivity index is 1.46. The third-order valence-electron chi connectivity index (χ3n) is 9.25. The van der Waals surface area contributed by atoms with Crippen LogP contribution in [-0.2, 0) is 24.0 Å². The highest BCUT2D eigenvalue weighted by Crippen LogP contribution is 2.24. The van der Waals surface area contributed by atoms with Gasteiger partial charge in [-0.1, -0.05) is 62.4 Å². The van der Waals surface area contributed by atoms with Gasteiger partial charge in [0.1, 0.15) is 24.2 Å². The predicted molar refractivity (Wildman–Crippen MR) is 194 cm³/mol. The van der Waals surface area contributed by atoms with Gasteiger partial charge in [-0.2, -0.15) is 11.8 Å². The Morgan fingerprint density at radius 2 is 1.67 bits per heavy atom. The monoisotopic (exact) mass is 715 g/mol. The molecule has 5 rings (SSSR count). The van der Waals surface area contributed by atoms with Crippen LogP contribution in [0.3, 0.4) is 0 Å². The molecule has 3 aromatic rings. The summed E-state index contributed by atoms with van der Waals surface area (Å²) in [6, 6.07) is 12.5. The lowest BCUT2D eigenvalue weighted by molar-refractivity contribution is -0.143. The van der Waals surface area contributed by atoms with E-state index in [1.807, 2.05) is 24.5 Å². The summed E-state index contributed by atoms with van der Waals surface area (Å²) >= 11 is 1.51. The van der Waals surface area contributed by atoms with E-state index in [1.54, 1.807) is 62.5 Å². The van der Waals surface area contributed by atoms with E-state index >= 15 is 0 Å². The van der Waals surface area contributed by atoms with Crippen LogP contribution < -0.4 is 26.6 Å². The fraction of sp³-hybridized carbons (Fsp3) is 0.432. The van der Waals surface area contributed by atoms with Gasteiger partial charge in [-0.3, -0.25) is 33.8 Å². The van der Waals surface area contributed by atoms with Crippen LogP contribution in [-0.4, -0.2) is 94.1 Å². The Hall–Kier alpha value is -4.98. The van der Waals surface area contributed by atoms with Gasteiger partial charge in [0.05, 0.1) is 23.5 Å². The van der Waals surface area contributed by atoms with Crippen molar-refractivity contribution in [1.82, 2.24) is 36.5 Å². The van der Waals surface area contributed by atoms with Crippen LogP contribution in [0.25, 0.3) is 10.9 Å². The molecule has 0 unspecified atom stereocenters. The van der Waals surface area contributed by atoms with Gasteiger partial charge in [0.2, 0.25) is 29.5 Å². The van der Waals surface area contributed by atoms with Crippen LogP contribution in [0, 0.1) is 5.92 Å². The molecule has 2 saturated heterocycles. The van der Waals surface area contributed by atoms with Gasteiger partial charge in [0.15, 0.2) is 0 Å². The van der Waals surface area contributed by atoms with Crippen molar-refractivity contribution >= 4 is 58.1 Å². The van der Waals surface area contributed by atoms with Crippen molar-refractivity contribution in [2.45, 2.75) is 76.3 Å². The Labute approximate surface area is 301 Å². The molecule has 51 heavy (non-hydrogen) atoms. The summed E-state index contributed by atoms with van der Waals surface area (Å²) in [4.78, 5) is 88.2. The van der Waals surface area contributed by atoms with E-state index in [-0.39, 0.29) is 25.3 Å². The molecular weight excluding hydrogens is 671 g/mol. The van der Waals surface area contributed by atoms with E-state index in [2.05, 4.69) is 31.6 Å². The summed E-state index contributed by atoms with van der Waals surface area (Å²) in [5.41, 5.74) is 1.56. The number of para-hydroxylation sites is 1. The van der Waals surface area contributed by atoms with Crippen LogP contribution in [0.4, 0.5) is 0 Å². The van der Waals surface area contributed by atoms with Crippen LogP contribution in [0.15, 0.2) is 66.9 Å². The molecule has 1 aromatic heterocycles. The second-order valence-electron chi connectivity index (χ2n) is 13.3. The first-order valence-corrected chi connectivity index (χ1v) is 18.6. The highest BCUT2D eigenvalue weighted by Gasteiger charge is 2.44. The molecule has 2 fully saturated rings. The number of benzene rings is 2. The van der Waals surface area contributed by atoms with Gasteiger partial charge in [-0.15, -0.1) is 0 Å². The fourth-order valence-corrected chi connectivity index (χ4v) is 6.95. The van der Waals surface area contributed by atoms with Crippen molar-refractivity contribution in [1.29, 1.82) is 0 Å². The van der Waals surface area contributed by atoms with Crippen molar-refractivity contribution in [2.24, 2.45) is 5.92 Å². The number of hydrogen-bond donors (Lipinski definition) is 5. The minimum Gasteiger partial charge on any atom is -0.347 e. The maximum Gasteiger partial charge on any atom is 0.253 e. The summed E-state index contributed by atoms with van der Waals surface area (Å²) in [6.07, 6.45) is 3.72. The van der Waals surface area contributed by atoms with Crippen molar-refractivity contribution < 1.29 is 28.8 Å². The number of carbonyl (C=O) groups is 6. The lowest BCUT2D eigenvalue weighted by atomic mass is 10.0. The minimum absolute atomic E-state index is 0.0107. The van der Waals surface area contributed by atoms with Gasteiger partial charge in [-0.25, -0.2) is 0 Å². The average molecular weight is 716 g/mol. The second kappa shape index (κ2) is 16.8. The molecule has 0 radical (unpaired) electrons. The average Bonchev–Trinajstić information content (AvgIpc) is 3.55. The number of carbonyl (C=O) groups excluding carboxylic acids is 6. The summed E-state index contributed by atoms with van der Waals surface area (Å²) < 4.78 is 0. The van der Waals surface area contributed by atoms with E-state index in [0.717, 1.165) is 5.39 Å². The normalized spacial score (nSPS) is 25.1. The Bertz CT molecular complexity index is 1770. The van der Waals surface area contributed by atoms with E-state index in [4.69, 9.17) is 0 Å². The molecule has 270 valence electrons. The first-order chi connectivity index (χ1) is 24.5. The van der Waals surface area contributed by atoms with E-state index < -0.39 is 71.7 Å². The number of pyridine rings is 1. The minimum atomic E-state index is -1.05. The Kier molecular flexibility index (Phi) is 12.3. The topological polar surface area (TPSA) is 179 Å². The maximum atomic E-state index is 14.3. The Morgan fingerprint density at radius 1 is 0.922 bits per heavy atom. The molecule has 0 spiro atoms. The SMILES string of the molecule is CSCC[C@@H]1NC(=O)C[C@@H](c2ccccc2)NC(=O)[C@H](C)NC(=O)[C@@H]2C[C@H](NC(=O)c3cccc4cccnc34)CN2C(=O)[C@H](C(C)C)NC1=O. The van der Waals surface area contributed by atoms with Crippen LogP contribution in [0.5, 0.6) is 0 Å². The third-order valence-corrected chi connectivity index (χ3v) is 9.90. The standard InChI is InChI=1S/C37H45N7O6S/c1-21(2)31-37(50)44-20-25(40-34(47)26-14-8-12-24-13-9-16-38-32(24)26)18-29(44)36(49)39-22(3)33(46)42-28(23-10-6-5-7-11-23)19-30(45)41-27(15-17-51-4)35(48)43-31/h5-14,16,21-22,25,27-29,31H,15,17-20H2,1-4H3,(H,39,49)(H,40,47)(H,41,45)(H,42,46)(H,43,48)/t22-,25-,27-,28-,29-,31-/m0/s1. The first kappa shape index (κ1) is 37.3. The number of nitrogens with zero attached hydrogens (tertiary/aromatic N) is 2. The smallest absolute Gasteiger partial charge is 0.253 e. The molecule has 0 saturated carbocycles. The molecule has 3 heterocycles. The number of thioether (sulfide) groups is 1. The molecule has 2 aliphatic rings. The van der Waals surface area contributed by atoms with Crippen molar-refractivity contribution in [3.63, 3.8) is 0 Å². The molecular formula is C37H45N7O6S. The van der Waals surface area contributed by atoms with Crippen LogP contribution in [0.1, 0.15) is 62.0 Å². The zero-order valence-corrected chi connectivity index (χ0v) is 30.0. The van der Waals surface area contributed by atoms with Gasteiger partial charge in [0.25, 0.3) is 5.91 Å². The molecule has 14 heteroatoms. The summed E-state index contributed by atoms with van der Waals surface area (Å²) in [6.45, 7) is 5.09. The summed E-state index contributed by atoms with van der Waals surface area (Å²) in [7, 11) is 0. The number of amides is 6. The van der Waals surface area contributed by atoms with Gasteiger partial charge >= 0.3 is 0 Å². The number of rotatable bonds is 7. The van der Waals surface area contributed by atoms with Crippen molar-refractivity contribution in [2.75, 3.05) is 18.6 Å². The highest BCUT2D eigenvalue weighted by molar-refractivity contribution is 7.98. The lowest BCUT2D eigenvalue weighted by Gasteiger charge is -2.32. The van der Waals surface area contributed by atoms with Gasteiger partial charge < -0.3 is 31.5 Å². The van der Waals surface area contributed by atoms with Gasteiger partial charge in [-0.05, 0) is 55.4 Å². The maximum absolute atomic E-state index is 14.3. The molecule has 6 amide bonds. The molecule has 0 aliphatic carbocycles. The fourth-order valence-electron chi connectivity index (χ4n) is 6.48. The molecule has 5 N–H and O–H groups in total. The number of aromatic nitrogens is 1. The zero-order valence-electron chi connectivity index (χ0n) is 29.2. The van der Waals surface area contributed by atoms with E-state index in [9.17, 15) is 28.8 Å². The lowest BCUT2D eigenvalue weighted by Crippen LogP contribution is -2.59. The molecule has 6 atom stereocenters. The van der Waals surface area contributed by atoms with E-state index in [0.29, 0.717) is 28.8 Å². The van der Waals surface area contributed by atoms with Crippen molar-refractivity contribution in [3.8, 4) is 0 Å². The number of nitrogens with one attached hydrogen (secondary N) is 5. The predicted octanol–water partition coefficient (Wildman–Crippen LogP) is 2.08. The number of fused-ring (bicyclic) bond motifs is 2. The molecule has 13 nitrogen and oxygen atoms in total. The third kappa shape index (κ3) is 9.04. The second-order valence-corrected chi connectivity index (χ2v) is 14.3. The van der Waals surface area contributed by atoms with Gasteiger partial charge in [0, 0.05) is 24.2 Å². The first-order valence-electron chi connectivity index (χ1n) is 17.2. The molecule has 2 aromatic carbocycles. The molecule has 2 aliphatic heterocycles. The van der Waals surface area contributed by atoms with Crippen LogP contribution >= 0.6 is 11.8 Å². The zero-order chi connectivity index (χ0) is 36.7. The van der Waals surface area contributed by atoms with Crippen LogP contribution in [0.2, 0.25) is 0 Å². The van der Waals surface area contributed by atoms with E-state index in [1.165, 1.54) is 23.6 Å². The van der Waals surface area contributed by atoms with Crippen molar-refractivity contribution in [3.05, 3.63) is 78.0 Å². The number of hydrogen-bond acceptors (Lipinski definition) is 8. The Morgan fingerprint density at radius 3 is 2.39 bits per heavy atom.